The van der Waals surface area contributed by atoms with Crippen molar-refractivity contribution in [1.82, 2.24) is 0 Å². The summed E-state index contributed by atoms with van der Waals surface area (Å²) in [6.07, 6.45) is 5.56. The summed E-state index contributed by atoms with van der Waals surface area (Å²) in [6, 6.07) is 0. The molecule has 16 heavy (non-hydrogen) atoms. The zero-order chi connectivity index (χ0) is 12.6. The lowest BCUT2D eigenvalue weighted by atomic mass is 9.83. The monoisotopic (exact) mass is 254 g/mol. The van der Waals surface area contributed by atoms with Gasteiger partial charge in [0.2, 0.25) is 0 Å². The van der Waals surface area contributed by atoms with Crippen LogP contribution in [-0.2, 0) is 14.9 Å². The fraction of sp³-hybridized carbons (Fsp3) is 1.00. The van der Waals surface area contributed by atoms with E-state index >= 15 is 0 Å². The summed E-state index contributed by atoms with van der Waals surface area (Å²) in [6.45, 7) is 1.28. The third-order valence-electron chi connectivity index (χ3n) is 2.63. The first-order valence-corrected chi connectivity index (χ1v) is 7.24. The van der Waals surface area contributed by atoms with Gasteiger partial charge in [0.05, 0.1) is 6.26 Å². The van der Waals surface area contributed by atoms with Gasteiger partial charge >= 0.3 is 0 Å². The van der Waals surface area contributed by atoms with Crippen molar-refractivity contribution in [3.05, 3.63) is 0 Å². The summed E-state index contributed by atoms with van der Waals surface area (Å²) in [5.41, 5.74) is 0. The molecule has 0 unspecified atom stereocenters. The van der Waals surface area contributed by atoms with Crippen LogP contribution < -0.4 is 0 Å². The van der Waals surface area contributed by atoms with Gasteiger partial charge in [-0.1, -0.05) is 0 Å². The minimum Gasteiger partial charge on any atom is -0.396 e. The Labute approximate surface area is 97.6 Å². The predicted octanol–water partition coefficient (Wildman–Crippen LogP) is 0.936. The van der Waals surface area contributed by atoms with E-state index < -0.39 is 10.1 Å². The van der Waals surface area contributed by atoms with E-state index in [2.05, 4.69) is 0 Å². The molecule has 0 aliphatic heterocycles. The Morgan fingerprint density at radius 1 is 1.19 bits per heavy atom. The van der Waals surface area contributed by atoms with Crippen LogP contribution >= 0.6 is 0 Å². The first-order valence-electron chi connectivity index (χ1n) is 5.39. The minimum absolute atomic E-state index is 0.375. The number of methoxy groups -OCH3 is 1. The van der Waals surface area contributed by atoms with Gasteiger partial charge < -0.3 is 9.84 Å². The molecule has 0 aromatic carbocycles. The second kappa shape index (κ2) is 8.00. The second-order valence-electron chi connectivity index (χ2n) is 4.26. The van der Waals surface area contributed by atoms with Gasteiger partial charge in [0.15, 0.2) is 0 Å². The molecule has 5 nitrogen and oxygen atoms in total. The Morgan fingerprint density at radius 2 is 1.56 bits per heavy atom. The molecule has 0 bridgehead atoms. The van der Waals surface area contributed by atoms with Gasteiger partial charge in [0.25, 0.3) is 10.1 Å². The molecule has 0 radical (unpaired) electrons. The molecule has 0 aromatic heterocycles. The lowest BCUT2D eigenvalue weighted by Gasteiger charge is -2.26. The average Bonchev–Trinajstić information content (AvgIpc) is 2.17. The van der Waals surface area contributed by atoms with E-state index in [0.717, 1.165) is 12.5 Å². The smallest absolute Gasteiger partial charge is 0.261 e. The molecule has 1 fully saturated rings. The Hall–Kier alpha value is -0.170. The van der Waals surface area contributed by atoms with Gasteiger partial charge in [0.1, 0.15) is 0 Å². The average molecular weight is 254 g/mol. The van der Waals surface area contributed by atoms with Gasteiger partial charge in [0, 0.05) is 20.3 Å². The van der Waals surface area contributed by atoms with Gasteiger partial charge in [-0.2, -0.15) is 8.42 Å². The van der Waals surface area contributed by atoms with Gasteiger partial charge in [-0.3, -0.25) is 4.55 Å². The second-order valence-corrected chi connectivity index (χ2v) is 5.72. The van der Waals surface area contributed by atoms with Gasteiger partial charge in [-0.05, 0) is 37.5 Å². The van der Waals surface area contributed by atoms with Crippen molar-refractivity contribution < 1.29 is 22.8 Å². The van der Waals surface area contributed by atoms with Crippen molar-refractivity contribution in [3.63, 3.8) is 0 Å². The number of aliphatic hydroxyl groups is 1. The van der Waals surface area contributed by atoms with Crippen molar-refractivity contribution >= 4 is 10.1 Å². The van der Waals surface area contributed by atoms with Crippen LogP contribution in [0.25, 0.3) is 0 Å². The van der Waals surface area contributed by atoms with Crippen LogP contribution in [-0.4, -0.2) is 44.7 Å². The molecule has 0 spiro atoms. The highest BCUT2D eigenvalue weighted by atomic mass is 32.2. The van der Waals surface area contributed by atoms with E-state index in [-0.39, 0.29) is 0 Å². The molecule has 6 heteroatoms. The fourth-order valence-corrected chi connectivity index (χ4v) is 1.82. The number of ether oxygens (including phenoxy) is 1. The largest absolute Gasteiger partial charge is 0.396 e. The number of aliphatic hydroxyl groups excluding tert-OH is 1. The molecule has 1 aliphatic rings. The molecule has 1 aliphatic carbocycles. The molecule has 1 saturated carbocycles. The Morgan fingerprint density at radius 3 is 1.88 bits per heavy atom. The Bertz CT molecular complexity index is 246. The molecule has 98 valence electrons. The van der Waals surface area contributed by atoms with Crippen LogP contribution in [0, 0.1) is 11.8 Å². The van der Waals surface area contributed by atoms with Crippen LogP contribution in [0.3, 0.4) is 0 Å². The van der Waals surface area contributed by atoms with E-state index in [1.807, 2.05) is 0 Å². The summed E-state index contributed by atoms with van der Waals surface area (Å²) >= 11 is 0. The first kappa shape index (κ1) is 15.8. The molecule has 0 atom stereocenters. The van der Waals surface area contributed by atoms with Gasteiger partial charge in [-0.25, -0.2) is 0 Å². The van der Waals surface area contributed by atoms with Crippen molar-refractivity contribution in [2.45, 2.75) is 25.7 Å². The van der Waals surface area contributed by atoms with Crippen LogP contribution in [0.2, 0.25) is 0 Å². The lowest BCUT2D eigenvalue weighted by Crippen LogP contribution is -2.19. The third kappa shape index (κ3) is 10.4. The maximum absolute atomic E-state index is 9.19. The molecular weight excluding hydrogens is 232 g/mol. The van der Waals surface area contributed by atoms with Crippen LogP contribution in [0.1, 0.15) is 25.7 Å². The highest BCUT2D eigenvalue weighted by molar-refractivity contribution is 7.85. The van der Waals surface area contributed by atoms with E-state index in [1.165, 1.54) is 25.7 Å². The molecule has 0 saturated heterocycles. The molecule has 2 N–H and O–H groups in total. The van der Waals surface area contributed by atoms with Gasteiger partial charge in [-0.15, -0.1) is 0 Å². The summed E-state index contributed by atoms with van der Waals surface area (Å²) < 4.78 is 31.0. The van der Waals surface area contributed by atoms with Crippen molar-refractivity contribution in [2.75, 3.05) is 26.6 Å². The first-order chi connectivity index (χ1) is 7.36. The summed E-state index contributed by atoms with van der Waals surface area (Å²) in [5.74, 6) is 1.32. The molecule has 0 heterocycles. The zero-order valence-corrected chi connectivity index (χ0v) is 10.7. The van der Waals surface area contributed by atoms with Crippen molar-refractivity contribution in [1.29, 1.82) is 0 Å². The molecule has 0 aromatic rings. The maximum Gasteiger partial charge on any atom is 0.261 e. The van der Waals surface area contributed by atoms with E-state index in [4.69, 9.17) is 14.4 Å². The minimum atomic E-state index is -3.67. The molecule has 0 amide bonds. The summed E-state index contributed by atoms with van der Waals surface area (Å²) in [7, 11) is -1.90. The summed E-state index contributed by atoms with van der Waals surface area (Å²) in [4.78, 5) is 0. The number of hydrogen-bond acceptors (Lipinski definition) is 4. The van der Waals surface area contributed by atoms with Crippen LogP contribution in [0.4, 0.5) is 0 Å². The molecule has 1 rings (SSSR count). The summed E-state index contributed by atoms with van der Waals surface area (Å²) in [5, 5.41) is 8.88. The third-order valence-corrected chi connectivity index (χ3v) is 2.63. The van der Waals surface area contributed by atoms with E-state index in [9.17, 15) is 8.42 Å². The number of rotatable bonds is 3. The maximum atomic E-state index is 9.19. The molecular formula is C10H22O5S. The fourth-order valence-electron chi connectivity index (χ4n) is 1.82. The lowest BCUT2D eigenvalue weighted by molar-refractivity contribution is 0.102. The van der Waals surface area contributed by atoms with Crippen molar-refractivity contribution in [2.24, 2.45) is 11.8 Å². The highest BCUT2D eigenvalue weighted by Crippen LogP contribution is 2.28. The predicted molar refractivity (Wildman–Crippen MR) is 61.9 cm³/mol. The quantitative estimate of drug-likeness (QED) is 0.732. The Kier molecular flexibility index (Phi) is 7.91. The normalized spacial score (nSPS) is 25.8. The van der Waals surface area contributed by atoms with Crippen LogP contribution in [0.15, 0.2) is 0 Å². The van der Waals surface area contributed by atoms with E-state index in [0.29, 0.717) is 18.8 Å². The SMILES string of the molecule is COCC1CCC(CO)CC1.CS(=O)(=O)O. The Balaban J connectivity index is 0.000000385. The number of hydrogen-bond donors (Lipinski definition) is 2. The van der Waals surface area contributed by atoms with Crippen LogP contribution in [0.5, 0.6) is 0 Å². The zero-order valence-electron chi connectivity index (χ0n) is 9.92. The van der Waals surface area contributed by atoms with Crippen molar-refractivity contribution in [3.8, 4) is 0 Å². The topological polar surface area (TPSA) is 83.8 Å². The van der Waals surface area contributed by atoms with E-state index in [1.54, 1.807) is 7.11 Å². The standard InChI is InChI=1S/C9H18O2.CH4O3S/c1-11-7-9-4-2-8(6-10)3-5-9;1-5(2,3)4/h8-10H,2-7H2,1H3;1H3,(H,2,3,4). The highest BCUT2D eigenvalue weighted by Gasteiger charge is 2.19.